The average Bonchev–Trinajstić information content (AvgIpc) is 2.23. The van der Waals surface area contributed by atoms with Crippen molar-refractivity contribution in [2.24, 2.45) is 0 Å². The second-order valence-corrected chi connectivity index (χ2v) is 6.07. The van der Waals surface area contributed by atoms with Gasteiger partial charge in [0.15, 0.2) is 0 Å². The smallest absolute Gasteiger partial charge is 0.411 e. The fourth-order valence-electron chi connectivity index (χ4n) is 2.34. The number of hydrogen-bond donors (Lipinski definition) is 0. The van der Waals surface area contributed by atoms with Gasteiger partial charge in [0.25, 0.3) is 0 Å². The molecule has 0 saturated carbocycles. The van der Waals surface area contributed by atoms with E-state index in [4.69, 9.17) is 4.74 Å². The lowest BCUT2D eigenvalue weighted by molar-refractivity contribution is 0.00359. The second-order valence-electron chi connectivity index (χ2n) is 6.07. The van der Waals surface area contributed by atoms with Gasteiger partial charge in [-0.1, -0.05) is 19.1 Å². The summed E-state index contributed by atoms with van der Waals surface area (Å²) in [5, 5.41) is 0. The van der Waals surface area contributed by atoms with E-state index in [1.807, 2.05) is 25.7 Å². The summed E-state index contributed by atoms with van der Waals surface area (Å²) in [5.74, 6) is 0. The number of allylic oxidation sites excluding steroid dienone is 1. The van der Waals surface area contributed by atoms with Crippen LogP contribution in [0.2, 0.25) is 0 Å². The summed E-state index contributed by atoms with van der Waals surface area (Å²) in [4.78, 5) is 14.2. The molecule has 2 atom stereocenters. The first-order chi connectivity index (χ1) is 8.35. The molecule has 0 N–H and O–H groups in total. The Labute approximate surface area is 111 Å². The van der Waals surface area contributed by atoms with Crippen molar-refractivity contribution in [1.29, 1.82) is 0 Å². The molecule has 0 radical (unpaired) electrons. The van der Waals surface area contributed by atoms with Crippen LogP contribution in [0.25, 0.3) is 0 Å². The van der Waals surface area contributed by atoms with Crippen LogP contribution in [0.5, 0.6) is 0 Å². The van der Waals surface area contributed by atoms with Crippen molar-refractivity contribution in [3.63, 3.8) is 0 Å². The predicted molar refractivity (Wildman–Crippen MR) is 74.6 cm³/mol. The van der Waals surface area contributed by atoms with E-state index in [0.29, 0.717) is 0 Å². The Bertz CT molecular complexity index is 304. The Morgan fingerprint density at radius 1 is 1.39 bits per heavy atom. The molecule has 0 aromatic rings. The van der Waals surface area contributed by atoms with Gasteiger partial charge in [-0.3, -0.25) is 4.90 Å². The van der Waals surface area contributed by atoms with E-state index >= 15 is 0 Å². The van der Waals surface area contributed by atoms with Crippen LogP contribution in [0.1, 0.15) is 60.3 Å². The highest BCUT2D eigenvalue weighted by Gasteiger charge is 2.33. The Balaban J connectivity index is 2.77. The Morgan fingerprint density at radius 3 is 2.61 bits per heavy atom. The molecule has 1 heterocycles. The Hall–Kier alpha value is -0.990. The van der Waals surface area contributed by atoms with Gasteiger partial charge in [0.2, 0.25) is 0 Å². The van der Waals surface area contributed by atoms with Gasteiger partial charge in [0, 0.05) is 6.04 Å². The first-order valence-corrected chi connectivity index (χ1v) is 7.03. The van der Waals surface area contributed by atoms with Crippen LogP contribution in [0.3, 0.4) is 0 Å². The molecule has 0 aliphatic carbocycles. The van der Waals surface area contributed by atoms with E-state index in [1.54, 1.807) is 0 Å². The largest absolute Gasteiger partial charge is 0.444 e. The summed E-state index contributed by atoms with van der Waals surface area (Å²) in [6.07, 6.45) is 8.40. The third-order valence-electron chi connectivity index (χ3n) is 3.15. The molecule has 0 bridgehead atoms. The summed E-state index contributed by atoms with van der Waals surface area (Å²) in [6, 6.07) is 0.462. The number of likely N-dealkylation sites (tertiary alicyclic amines) is 1. The molecular formula is C15H27NO2. The SMILES string of the molecule is CCC=CC1CCCC(C)N1C(=O)OC(C)(C)C. The lowest BCUT2D eigenvalue weighted by Crippen LogP contribution is -2.49. The van der Waals surface area contributed by atoms with Gasteiger partial charge < -0.3 is 4.74 Å². The van der Waals surface area contributed by atoms with Gasteiger partial charge in [-0.2, -0.15) is 0 Å². The van der Waals surface area contributed by atoms with E-state index in [9.17, 15) is 4.79 Å². The maximum Gasteiger partial charge on any atom is 0.411 e. The van der Waals surface area contributed by atoms with Crippen LogP contribution in [0, 0.1) is 0 Å². The first-order valence-electron chi connectivity index (χ1n) is 7.03. The molecule has 3 heteroatoms. The third kappa shape index (κ3) is 4.35. The predicted octanol–water partition coefficient (Wildman–Crippen LogP) is 4.13. The molecule has 1 fully saturated rings. The van der Waals surface area contributed by atoms with Crippen molar-refractivity contribution < 1.29 is 9.53 Å². The van der Waals surface area contributed by atoms with Crippen LogP contribution in [0.4, 0.5) is 4.79 Å². The van der Waals surface area contributed by atoms with Crippen LogP contribution in [-0.4, -0.2) is 28.7 Å². The summed E-state index contributed by atoms with van der Waals surface area (Å²) in [6.45, 7) is 9.96. The van der Waals surface area contributed by atoms with E-state index in [2.05, 4.69) is 26.0 Å². The zero-order valence-corrected chi connectivity index (χ0v) is 12.4. The maximum atomic E-state index is 12.3. The van der Waals surface area contributed by atoms with Crippen molar-refractivity contribution in [2.75, 3.05) is 0 Å². The normalized spacial score (nSPS) is 25.5. The third-order valence-corrected chi connectivity index (χ3v) is 3.15. The number of nitrogens with zero attached hydrogens (tertiary/aromatic N) is 1. The molecule has 1 saturated heterocycles. The fourth-order valence-corrected chi connectivity index (χ4v) is 2.34. The monoisotopic (exact) mass is 253 g/mol. The molecule has 1 aliphatic heterocycles. The number of ether oxygens (including phenoxy) is 1. The van der Waals surface area contributed by atoms with Gasteiger partial charge in [-0.15, -0.1) is 0 Å². The lowest BCUT2D eigenvalue weighted by Gasteiger charge is -2.40. The molecule has 104 valence electrons. The van der Waals surface area contributed by atoms with Crippen molar-refractivity contribution in [1.82, 2.24) is 4.90 Å². The number of rotatable bonds is 2. The summed E-state index contributed by atoms with van der Waals surface area (Å²) < 4.78 is 5.51. The Morgan fingerprint density at radius 2 is 2.06 bits per heavy atom. The molecule has 3 nitrogen and oxygen atoms in total. The molecule has 1 aliphatic rings. The molecule has 1 rings (SSSR count). The van der Waals surface area contributed by atoms with Gasteiger partial charge in [0.1, 0.15) is 5.60 Å². The minimum absolute atomic E-state index is 0.180. The summed E-state index contributed by atoms with van der Waals surface area (Å²) in [5.41, 5.74) is -0.423. The minimum Gasteiger partial charge on any atom is -0.444 e. The van der Waals surface area contributed by atoms with Gasteiger partial charge in [-0.05, 0) is 53.4 Å². The standard InChI is InChI=1S/C15H27NO2/c1-6-7-10-13-11-8-9-12(2)16(13)14(17)18-15(3,4)5/h7,10,12-13H,6,8-9,11H2,1-5H3. The molecule has 0 aromatic carbocycles. The molecule has 0 aromatic heterocycles. The quantitative estimate of drug-likeness (QED) is 0.692. The number of hydrogen-bond acceptors (Lipinski definition) is 2. The van der Waals surface area contributed by atoms with Crippen LogP contribution < -0.4 is 0 Å². The van der Waals surface area contributed by atoms with Crippen LogP contribution in [-0.2, 0) is 4.74 Å². The molecule has 18 heavy (non-hydrogen) atoms. The highest BCUT2D eigenvalue weighted by atomic mass is 16.6. The average molecular weight is 253 g/mol. The molecule has 0 spiro atoms. The molecule has 1 amide bonds. The maximum absolute atomic E-state index is 12.3. The topological polar surface area (TPSA) is 29.5 Å². The molecular weight excluding hydrogens is 226 g/mol. The van der Waals surface area contributed by atoms with Crippen molar-refractivity contribution in [2.45, 2.75) is 78.0 Å². The van der Waals surface area contributed by atoms with Crippen molar-refractivity contribution >= 4 is 6.09 Å². The highest BCUT2D eigenvalue weighted by molar-refractivity contribution is 5.69. The number of piperidine rings is 1. The van der Waals surface area contributed by atoms with Crippen molar-refractivity contribution in [3.05, 3.63) is 12.2 Å². The number of amides is 1. The zero-order chi connectivity index (χ0) is 13.8. The lowest BCUT2D eigenvalue weighted by atomic mass is 9.96. The summed E-state index contributed by atoms with van der Waals surface area (Å²) in [7, 11) is 0. The Kier molecular flexibility index (Phi) is 5.24. The highest BCUT2D eigenvalue weighted by Crippen LogP contribution is 2.26. The van der Waals surface area contributed by atoms with Gasteiger partial charge in [0.05, 0.1) is 6.04 Å². The van der Waals surface area contributed by atoms with E-state index in [-0.39, 0.29) is 18.2 Å². The minimum atomic E-state index is -0.423. The van der Waals surface area contributed by atoms with E-state index in [1.165, 1.54) is 6.42 Å². The van der Waals surface area contributed by atoms with Gasteiger partial charge in [-0.25, -0.2) is 4.79 Å². The van der Waals surface area contributed by atoms with Gasteiger partial charge >= 0.3 is 6.09 Å². The fraction of sp³-hybridized carbons (Fsp3) is 0.800. The van der Waals surface area contributed by atoms with Crippen LogP contribution in [0.15, 0.2) is 12.2 Å². The van der Waals surface area contributed by atoms with Crippen molar-refractivity contribution in [3.8, 4) is 0 Å². The summed E-state index contributed by atoms with van der Waals surface area (Å²) >= 11 is 0. The number of carbonyl (C=O) groups excluding carboxylic acids is 1. The first kappa shape index (κ1) is 15.1. The second kappa shape index (κ2) is 6.26. The van der Waals surface area contributed by atoms with E-state index in [0.717, 1.165) is 19.3 Å². The van der Waals surface area contributed by atoms with Crippen LogP contribution >= 0.6 is 0 Å². The zero-order valence-electron chi connectivity index (χ0n) is 12.4. The molecule has 2 unspecified atom stereocenters. The van der Waals surface area contributed by atoms with E-state index < -0.39 is 5.60 Å². The number of carbonyl (C=O) groups is 1.